The van der Waals surface area contributed by atoms with E-state index in [0.717, 1.165) is 6.07 Å². The number of hydrogen-bond acceptors (Lipinski definition) is 5. The van der Waals surface area contributed by atoms with Crippen LogP contribution in [0.2, 0.25) is 0 Å². The number of rotatable bonds is 4. The Morgan fingerprint density at radius 2 is 2.32 bits per heavy atom. The van der Waals surface area contributed by atoms with Gasteiger partial charge in [-0.1, -0.05) is 0 Å². The summed E-state index contributed by atoms with van der Waals surface area (Å²) in [4.78, 5) is 25.5. The van der Waals surface area contributed by atoms with Crippen molar-refractivity contribution < 1.29 is 14.8 Å². The number of pyridine rings is 1. The molecule has 0 saturated heterocycles. The zero-order valence-electron chi connectivity index (χ0n) is 9.88. The molecule has 0 atom stereocenters. The second-order valence-corrected chi connectivity index (χ2v) is 5.34. The first kappa shape index (κ1) is 13.9. The topological polar surface area (TPSA) is 105 Å². The molecule has 1 fully saturated rings. The monoisotopic (exact) mass is 329 g/mol. The van der Waals surface area contributed by atoms with E-state index in [1.165, 1.54) is 6.20 Å². The van der Waals surface area contributed by atoms with E-state index in [4.69, 9.17) is 5.11 Å². The van der Waals surface area contributed by atoms with Gasteiger partial charge in [-0.25, -0.2) is 0 Å². The van der Waals surface area contributed by atoms with E-state index in [-0.39, 0.29) is 23.4 Å². The zero-order valence-corrected chi connectivity index (χ0v) is 11.5. The van der Waals surface area contributed by atoms with Gasteiger partial charge in [0.05, 0.1) is 16.1 Å². The number of amides is 1. The highest BCUT2D eigenvalue weighted by Crippen LogP contribution is 2.26. The van der Waals surface area contributed by atoms with E-state index in [0.29, 0.717) is 23.9 Å². The van der Waals surface area contributed by atoms with Crippen molar-refractivity contribution in [2.24, 2.45) is 5.92 Å². The fraction of sp³-hybridized carbons (Fsp3) is 0.455. The number of hydrogen-bond donors (Lipinski definition) is 2. The highest BCUT2D eigenvalue weighted by atomic mass is 79.9. The van der Waals surface area contributed by atoms with Gasteiger partial charge in [-0.2, -0.15) is 0 Å². The van der Waals surface area contributed by atoms with Gasteiger partial charge < -0.3 is 20.5 Å². The van der Waals surface area contributed by atoms with Gasteiger partial charge >= 0.3 is 5.82 Å². The smallest absolute Gasteiger partial charge is 0.364 e. The molecule has 2 rings (SSSR count). The van der Waals surface area contributed by atoms with E-state index < -0.39 is 10.8 Å². The molecule has 7 nitrogen and oxygen atoms in total. The SMILES string of the molecule is O=C(NCC1CC(O)C1)c1cc([N+](=O)[O-])ncc1Br. The molecule has 0 aromatic carbocycles. The fourth-order valence-electron chi connectivity index (χ4n) is 1.90. The van der Waals surface area contributed by atoms with Gasteiger partial charge in [0.2, 0.25) is 0 Å². The van der Waals surface area contributed by atoms with Crippen LogP contribution in [0.4, 0.5) is 5.82 Å². The number of aliphatic hydroxyl groups is 1. The van der Waals surface area contributed by atoms with E-state index in [9.17, 15) is 14.9 Å². The van der Waals surface area contributed by atoms with Gasteiger partial charge in [0.1, 0.15) is 0 Å². The van der Waals surface area contributed by atoms with Gasteiger partial charge in [0, 0.05) is 12.6 Å². The van der Waals surface area contributed by atoms with Crippen LogP contribution in [0.25, 0.3) is 0 Å². The number of aliphatic hydroxyl groups excluding tert-OH is 1. The molecule has 1 saturated carbocycles. The maximum Gasteiger partial charge on any atom is 0.364 e. The molecule has 102 valence electrons. The molecule has 0 bridgehead atoms. The Balaban J connectivity index is 2.01. The molecule has 0 spiro atoms. The summed E-state index contributed by atoms with van der Waals surface area (Å²) in [5, 5.41) is 22.4. The Morgan fingerprint density at radius 3 is 2.89 bits per heavy atom. The van der Waals surface area contributed by atoms with Crippen molar-refractivity contribution >= 4 is 27.7 Å². The van der Waals surface area contributed by atoms with Crippen LogP contribution in [0.3, 0.4) is 0 Å². The largest absolute Gasteiger partial charge is 0.393 e. The van der Waals surface area contributed by atoms with Crippen LogP contribution in [-0.2, 0) is 0 Å². The summed E-state index contributed by atoms with van der Waals surface area (Å²) < 4.78 is 0.407. The van der Waals surface area contributed by atoms with Crippen LogP contribution in [0.5, 0.6) is 0 Å². The summed E-state index contributed by atoms with van der Waals surface area (Å²) in [6.45, 7) is 0.457. The minimum atomic E-state index is -0.647. The first-order valence-corrected chi connectivity index (χ1v) is 6.53. The molecule has 2 N–H and O–H groups in total. The van der Waals surface area contributed by atoms with Gasteiger partial charge in [-0.05, 0) is 44.6 Å². The second-order valence-electron chi connectivity index (χ2n) is 4.48. The maximum atomic E-state index is 11.9. The summed E-state index contributed by atoms with van der Waals surface area (Å²) >= 11 is 3.14. The lowest BCUT2D eigenvalue weighted by Crippen LogP contribution is -2.38. The van der Waals surface area contributed by atoms with Crippen molar-refractivity contribution in [3.8, 4) is 0 Å². The van der Waals surface area contributed by atoms with Crippen LogP contribution in [0.1, 0.15) is 23.2 Å². The van der Waals surface area contributed by atoms with Crippen LogP contribution in [0.15, 0.2) is 16.7 Å². The van der Waals surface area contributed by atoms with Crippen LogP contribution in [0, 0.1) is 16.0 Å². The molecule has 1 heterocycles. The predicted molar refractivity (Wildman–Crippen MR) is 69.7 cm³/mol. The lowest BCUT2D eigenvalue weighted by Gasteiger charge is -2.31. The third kappa shape index (κ3) is 3.27. The van der Waals surface area contributed by atoms with Gasteiger partial charge in [0.15, 0.2) is 6.20 Å². The predicted octanol–water partition coefficient (Wildman–Crippen LogP) is 1.25. The van der Waals surface area contributed by atoms with Crippen molar-refractivity contribution in [3.63, 3.8) is 0 Å². The Morgan fingerprint density at radius 1 is 1.63 bits per heavy atom. The van der Waals surface area contributed by atoms with Crippen molar-refractivity contribution in [1.29, 1.82) is 0 Å². The molecule has 0 radical (unpaired) electrons. The third-order valence-corrected chi connectivity index (χ3v) is 3.67. The standard InChI is InChI=1S/C11H12BrN3O4/c12-9-5-13-10(15(18)19)3-8(9)11(17)14-4-6-1-7(16)2-6/h3,5-7,16H,1-2,4H2,(H,14,17). The highest BCUT2D eigenvalue weighted by molar-refractivity contribution is 9.10. The van der Waals surface area contributed by atoms with Crippen molar-refractivity contribution in [2.45, 2.75) is 18.9 Å². The zero-order chi connectivity index (χ0) is 14.0. The molecular weight excluding hydrogens is 318 g/mol. The average molecular weight is 330 g/mol. The quantitative estimate of drug-likeness (QED) is 0.638. The van der Waals surface area contributed by atoms with Gasteiger partial charge in [-0.15, -0.1) is 0 Å². The average Bonchev–Trinajstić information content (AvgIpc) is 2.33. The number of carbonyl (C=O) groups excluding carboxylic acids is 1. The molecule has 0 unspecified atom stereocenters. The molecular formula is C11H12BrN3O4. The van der Waals surface area contributed by atoms with E-state index >= 15 is 0 Å². The Bertz CT molecular complexity index is 517. The highest BCUT2D eigenvalue weighted by Gasteiger charge is 2.27. The molecule has 0 aliphatic heterocycles. The van der Waals surface area contributed by atoms with E-state index in [1.807, 2.05) is 0 Å². The fourth-order valence-corrected chi connectivity index (χ4v) is 2.30. The number of nitro groups is 1. The second kappa shape index (κ2) is 5.62. The van der Waals surface area contributed by atoms with Crippen LogP contribution >= 0.6 is 15.9 Å². The van der Waals surface area contributed by atoms with Crippen molar-refractivity contribution in [2.75, 3.05) is 6.54 Å². The summed E-state index contributed by atoms with van der Waals surface area (Å²) in [5.74, 6) is -0.485. The Hall–Kier alpha value is -1.54. The van der Waals surface area contributed by atoms with Gasteiger partial charge in [0.25, 0.3) is 5.91 Å². The Labute approximate surface area is 117 Å². The number of halogens is 1. The summed E-state index contributed by atoms with van der Waals surface area (Å²) in [6, 6.07) is 1.13. The lowest BCUT2D eigenvalue weighted by atomic mass is 9.82. The summed E-state index contributed by atoms with van der Waals surface area (Å²) in [6.07, 6.45) is 2.33. The molecule has 1 aromatic rings. The number of nitrogens with zero attached hydrogens (tertiary/aromatic N) is 2. The summed E-state index contributed by atoms with van der Waals surface area (Å²) in [7, 11) is 0. The van der Waals surface area contributed by atoms with Crippen molar-refractivity contribution in [3.05, 3.63) is 32.4 Å². The summed E-state index contributed by atoms with van der Waals surface area (Å²) in [5.41, 5.74) is 0.182. The Kier molecular flexibility index (Phi) is 4.11. The molecule has 1 aliphatic rings. The third-order valence-electron chi connectivity index (χ3n) is 3.03. The molecule has 19 heavy (non-hydrogen) atoms. The van der Waals surface area contributed by atoms with E-state index in [2.05, 4.69) is 26.2 Å². The van der Waals surface area contributed by atoms with E-state index in [1.54, 1.807) is 0 Å². The number of aromatic nitrogens is 1. The maximum absolute atomic E-state index is 11.9. The number of nitrogens with one attached hydrogen (secondary N) is 1. The molecule has 1 amide bonds. The lowest BCUT2D eigenvalue weighted by molar-refractivity contribution is -0.389. The van der Waals surface area contributed by atoms with Gasteiger partial charge in [-0.3, -0.25) is 4.79 Å². The minimum Gasteiger partial charge on any atom is -0.393 e. The molecule has 1 aliphatic carbocycles. The first-order chi connectivity index (χ1) is 8.97. The molecule has 1 aromatic heterocycles. The normalized spacial score (nSPS) is 21.6. The van der Waals surface area contributed by atoms with Crippen molar-refractivity contribution in [1.82, 2.24) is 10.3 Å². The minimum absolute atomic E-state index is 0.182. The first-order valence-electron chi connectivity index (χ1n) is 5.73. The van der Waals surface area contributed by atoms with Crippen LogP contribution in [-0.4, -0.2) is 33.6 Å². The molecule has 8 heteroatoms. The number of carbonyl (C=O) groups is 1. The van der Waals surface area contributed by atoms with Crippen LogP contribution < -0.4 is 5.32 Å².